The molecule has 0 spiro atoms. The fraction of sp³-hybridized carbons (Fsp3) is 1.00. The molecule has 0 aromatic carbocycles. The zero-order chi connectivity index (χ0) is 10.7. The van der Waals surface area contributed by atoms with Gasteiger partial charge in [-0.05, 0) is 19.3 Å². The maximum atomic E-state index is 10.7. The predicted octanol–water partition coefficient (Wildman–Crippen LogP) is -0.572. The van der Waals surface area contributed by atoms with Crippen molar-refractivity contribution in [2.24, 2.45) is 5.73 Å². The molecule has 0 aromatic heterocycles. The number of sulfonamides is 1. The van der Waals surface area contributed by atoms with Gasteiger partial charge in [-0.2, -0.15) is 0 Å². The van der Waals surface area contributed by atoms with Crippen molar-refractivity contribution in [3.05, 3.63) is 0 Å². The lowest BCUT2D eigenvalue weighted by atomic mass is 9.78. The van der Waals surface area contributed by atoms with E-state index in [9.17, 15) is 8.42 Å². The molecule has 0 bridgehead atoms. The number of hydrogen-bond donors (Lipinski definition) is 3. The van der Waals surface area contributed by atoms with Crippen molar-refractivity contribution in [3.63, 3.8) is 0 Å². The van der Waals surface area contributed by atoms with E-state index in [0.717, 1.165) is 25.6 Å². The lowest BCUT2D eigenvalue weighted by Gasteiger charge is -2.38. The smallest absolute Gasteiger partial charge is 0.208 e. The van der Waals surface area contributed by atoms with E-state index < -0.39 is 10.0 Å². The molecule has 0 aromatic rings. The van der Waals surface area contributed by atoms with Crippen LogP contribution >= 0.6 is 12.4 Å². The fourth-order valence-electron chi connectivity index (χ4n) is 1.47. The molecule has 0 unspecified atom stereocenters. The first-order chi connectivity index (χ1) is 6.41. The van der Waals surface area contributed by atoms with Crippen LogP contribution in [0.15, 0.2) is 0 Å². The molecule has 0 amide bonds. The third-order valence-electron chi connectivity index (χ3n) is 2.49. The molecule has 0 radical (unpaired) electrons. The minimum Gasteiger partial charge on any atom is -0.324 e. The Labute approximate surface area is 97.6 Å². The summed E-state index contributed by atoms with van der Waals surface area (Å²) >= 11 is 0. The summed E-state index contributed by atoms with van der Waals surface area (Å²) in [4.78, 5) is 0. The van der Waals surface area contributed by atoms with Crippen LogP contribution in [0.2, 0.25) is 0 Å². The van der Waals surface area contributed by atoms with Gasteiger partial charge in [0.15, 0.2) is 0 Å². The summed E-state index contributed by atoms with van der Waals surface area (Å²) in [5.74, 6) is 0. The van der Waals surface area contributed by atoms with Crippen molar-refractivity contribution in [1.29, 1.82) is 0 Å². The van der Waals surface area contributed by atoms with Gasteiger partial charge in [0.1, 0.15) is 0 Å². The molecule has 5 nitrogen and oxygen atoms in total. The monoisotopic (exact) mass is 257 g/mol. The third kappa shape index (κ3) is 6.32. The van der Waals surface area contributed by atoms with Crippen molar-refractivity contribution >= 4 is 22.4 Å². The first kappa shape index (κ1) is 15.1. The molecule has 1 rings (SSSR count). The summed E-state index contributed by atoms with van der Waals surface area (Å²) in [7, 11) is -3.05. The molecule has 15 heavy (non-hydrogen) atoms. The minimum atomic E-state index is -3.05. The Hall–Kier alpha value is 0.120. The summed E-state index contributed by atoms with van der Waals surface area (Å²) < 4.78 is 23.8. The van der Waals surface area contributed by atoms with E-state index in [4.69, 9.17) is 5.73 Å². The van der Waals surface area contributed by atoms with Crippen molar-refractivity contribution in [1.82, 2.24) is 10.0 Å². The Kier molecular flexibility index (Phi) is 6.05. The van der Waals surface area contributed by atoms with Crippen LogP contribution in [0.1, 0.15) is 19.3 Å². The van der Waals surface area contributed by atoms with Gasteiger partial charge in [0.05, 0.1) is 6.26 Å². The van der Waals surface area contributed by atoms with Gasteiger partial charge >= 0.3 is 0 Å². The molecule has 4 N–H and O–H groups in total. The summed E-state index contributed by atoms with van der Waals surface area (Å²) in [5, 5.41) is 3.15. The van der Waals surface area contributed by atoms with Gasteiger partial charge in [-0.25, -0.2) is 13.1 Å². The molecule has 0 heterocycles. The highest BCUT2D eigenvalue weighted by atomic mass is 35.5. The van der Waals surface area contributed by atoms with Crippen LogP contribution in [-0.2, 0) is 10.0 Å². The minimum absolute atomic E-state index is 0. The Morgan fingerprint density at radius 1 is 1.33 bits per heavy atom. The Morgan fingerprint density at radius 3 is 2.33 bits per heavy atom. The van der Waals surface area contributed by atoms with Gasteiger partial charge in [-0.1, -0.05) is 0 Å². The van der Waals surface area contributed by atoms with E-state index in [2.05, 4.69) is 10.0 Å². The molecule has 1 fully saturated rings. The molecule has 0 saturated heterocycles. The molecule has 1 aliphatic carbocycles. The Bertz CT molecular complexity index is 278. The zero-order valence-electron chi connectivity index (χ0n) is 8.95. The second-order valence-electron chi connectivity index (χ2n) is 4.06. The van der Waals surface area contributed by atoms with Gasteiger partial charge in [0.2, 0.25) is 10.0 Å². The number of nitrogens with one attached hydrogen (secondary N) is 2. The van der Waals surface area contributed by atoms with E-state index in [-0.39, 0.29) is 17.9 Å². The van der Waals surface area contributed by atoms with Crippen molar-refractivity contribution in [3.8, 4) is 0 Å². The lowest BCUT2D eigenvalue weighted by molar-refractivity contribution is 0.240. The number of nitrogens with two attached hydrogens (primary N) is 1. The molecule has 92 valence electrons. The lowest BCUT2D eigenvalue weighted by Crippen LogP contribution is -2.54. The molecule has 0 aliphatic heterocycles. The van der Waals surface area contributed by atoms with Gasteiger partial charge in [-0.3, -0.25) is 0 Å². The summed E-state index contributed by atoms with van der Waals surface area (Å²) in [5.41, 5.74) is 5.93. The molecule has 1 saturated carbocycles. The highest BCUT2D eigenvalue weighted by Gasteiger charge is 2.31. The maximum Gasteiger partial charge on any atom is 0.208 e. The van der Waals surface area contributed by atoms with Gasteiger partial charge < -0.3 is 11.1 Å². The van der Waals surface area contributed by atoms with Crippen LogP contribution in [-0.4, -0.2) is 39.8 Å². The SMILES string of the molecule is CS(=O)(=O)NCCNCC1(N)CCC1.Cl. The van der Waals surface area contributed by atoms with Crippen LogP contribution in [0.3, 0.4) is 0 Å². The highest BCUT2D eigenvalue weighted by molar-refractivity contribution is 7.88. The van der Waals surface area contributed by atoms with Crippen LogP contribution < -0.4 is 15.8 Å². The quantitative estimate of drug-likeness (QED) is 0.557. The average Bonchev–Trinajstić information content (AvgIpc) is 1.98. The van der Waals surface area contributed by atoms with Crippen molar-refractivity contribution in [2.75, 3.05) is 25.9 Å². The first-order valence-corrected chi connectivity index (χ1v) is 6.75. The second kappa shape index (κ2) is 6.00. The molecule has 1 aliphatic rings. The van der Waals surface area contributed by atoms with Gasteiger partial charge in [-0.15, -0.1) is 12.4 Å². The third-order valence-corrected chi connectivity index (χ3v) is 3.22. The molecular formula is C8H20ClN3O2S. The van der Waals surface area contributed by atoms with Gasteiger partial charge in [0, 0.05) is 25.2 Å². The van der Waals surface area contributed by atoms with E-state index in [0.29, 0.717) is 13.1 Å². The normalized spacial score (nSPS) is 19.1. The molecule has 0 atom stereocenters. The Balaban J connectivity index is 0.00000196. The predicted molar refractivity (Wildman–Crippen MR) is 63.7 cm³/mol. The van der Waals surface area contributed by atoms with Gasteiger partial charge in [0.25, 0.3) is 0 Å². The van der Waals surface area contributed by atoms with E-state index in [1.807, 2.05) is 0 Å². The zero-order valence-corrected chi connectivity index (χ0v) is 10.6. The number of halogens is 1. The fourth-order valence-corrected chi connectivity index (χ4v) is 1.94. The number of hydrogen-bond acceptors (Lipinski definition) is 4. The highest BCUT2D eigenvalue weighted by Crippen LogP contribution is 2.27. The van der Waals surface area contributed by atoms with Crippen LogP contribution in [0.25, 0.3) is 0 Å². The largest absolute Gasteiger partial charge is 0.324 e. The van der Waals surface area contributed by atoms with Crippen molar-refractivity contribution < 1.29 is 8.42 Å². The van der Waals surface area contributed by atoms with Crippen LogP contribution in [0.4, 0.5) is 0 Å². The van der Waals surface area contributed by atoms with E-state index in [1.165, 1.54) is 6.42 Å². The second-order valence-corrected chi connectivity index (χ2v) is 5.89. The molecular weight excluding hydrogens is 238 g/mol. The van der Waals surface area contributed by atoms with E-state index in [1.54, 1.807) is 0 Å². The van der Waals surface area contributed by atoms with Crippen LogP contribution in [0, 0.1) is 0 Å². The summed E-state index contributed by atoms with van der Waals surface area (Å²) in [6, 6.07) is 0. The maximum absolute atomic E-state index is 10.7. The topological polar surface area (TPSA) is 84.2 Å². The number of rotatable bonds is 6. The summed E-state index contributed by atoms with van der Waals surface area (Å²) in [6.07, 6.45) is 4.50. The van der Waals surface area contributed by atoms with E-state index >= 15 is 0 Å². The first-order valence-electron chi connectivity index (χ1n) is 4.86. The average molecular weight is 258 g/mol. The Morgan fingerprint density at radius 2 is 1.93 bits per heavy atom. The molecule has 7 heteroatoms. The standard InChI is InChI=1S/C8H19N3O2S.ClH/c1-14(12,13)11-6-5-10-7-8(9)3-2-4-8;/h10-11H,2-7,9H2,1H3;1H. The van der Waals surface area contributed by atoms with Crippen molar-refractivity contribution in [2.45, 2.75) is 24.8 Å². The van der Waals surface area contributed by atoms with Crippen LogP contribution in [0.5, 0.6) is 0 Å². The summed E-state index contributed by atoms with van der Waals surface area (Å²) in [6.45, 7) is 1.83.